The van der Waals surface area contributed by atoms with Crippen LogP contribution in [0.3, 0.4) is 0 Å². The van der Waals surface area contributed by atoms with Crippen molar-refractivity contribution in [1.29, 1.82) is 0 Å². The minimum atomic E-state index is -1.89. The van der Waals surface area contributed by atoms with Crippen LogP contribution >= 0.6 is 8.69 Å². The molecule has 0 aromatic heterocycles. The number of hydrogen-bond donors (Lipinski definition) is 0. The van der Waals surface area contributed by atoms with E-state index in [-0.39, 0.29) is 32.8 Å². The van der Waals surface area contributed by atoms with E-state index in [0.29, 0.717) is 6.42 Å². The van der Waals surface area contributed by atoms with Crippen LogP contribution in [0.4, 0.5) is 4.39 Å². The molecule has 0 rings (SSSR count). The quantitative estimate of drug-likeness (QED) is 0.392. The molecule has 0 N–H and O–H groups in total. The molecule has 0 heterocycles. The highest BCUT2D eigenvalue weighted by molar-refractivity contribution is 7.17. The lowest BCUT2D eigenvalue weighted by atomic mass is 10.2. The SMILES string of the molecule is CC(C)(C)[Si](C)(C)OCC(F)=CCCOP=O. The maximum Gasteiger partial charge on any atom is 0.327 e. The van der Waals surface area contributed by atoms with Gasteiger partial charge >= 0.3 is 8.69 Å². The molecule has 6 heteroatoms. The highest BCUT2D eigenvalue weighted by Crippen LogP contribution is 2.36. The fraction of sp³-hybridized carbons (Fsp3) is 0.818. The normalized spacial score (nSPS) is 14.4. The van der Waals surface area contributed by atoms with Crippen LogP contribution in [-0.2, 0) is 13.5 Å². The summed E-state index contributed by atoms with van der Waals surface area (Å²) in [5, 5.41) is 0.0812. The molecule has 0 spiro atoms. The van der Waals surface area contributed by atoms with Gasteiger partial charge in [0, 0.05) is 0 Å². The number of halogens is 1. The Morgan fingerprint density at radius 2 is 2.00 bits per heavy atom. The van der Waals surface area contributed by atoms with Gasteiger partial charge in [0.15, 0.2) is 8.32 Å². The molecule has 0 aromatic carbocycles. The Bertz CT molecular complexity index is 274. The Morgan fingerprint density at radius 1 is 1.41 bits per heavy atom. The van der Waals surface area contributed by atoms with Crippen LogP contribution < -0.4 is 0 Å². The zero-order valence-corrected chi connectivity index (χ0v) is 13.1. The van der Waals surface area contributed by atoms with Crippen molar-refractivity contribution in [3.63, 3.8) is 0 Å². The molecule has 0 aliphatic carbocycles. The lowest BCUT2D eigenvalue weighted by Crippen LogP contribution is -2.41. The zero-order valence-electron chi connectivity index (χ0n) is 11.2. The van der Waals surface area contributed by atoms with Gasteiger partial charge in [-0.1, -0.05) is 20.8 Å². The van der Waals surface area contributed by atoms with Crippen LogP contribution in [0, 0.1) is 0 Å². The molecular weight excluding hydrogens is 258 g/mol. The average Bonchev–Trinajstić information content (AvgIpc) is 2.20. The largest absolute Gasteiger partial charge is 0.410 e. The monoisotopic (exact) mass is 280 g/mol. The van der Waals surface area contributed by atoms with Crippen molar-refractivity contribution in [3.05, 3.63) is 11.9 Å². The summed E-state index contributed by atoms with van der Waals surface area (Å²) in [6, 6.07) is 0. The van der Waals surface area contributed by atoms with Crippen molar-refractivity contribution in [3.8, 4) is 0 Å². The Morgan fingerprint density at radius 3 is 2.47 bits per heavy atom. The second-order valence-corrected chi connectivity index (χ2v) is 10.6. The first-order valence-electron chi connectivity index (χ1n) is 5.64. The van der Waals surface area contributed by atoms with Crippen molar-refractivity contribution in [2.45, 2.75) is 45.3 Å². The van der Waals surface area contributed by atoms with Crippen LogP contribution in [0.15, 0.2) is 11.9 Å². The van der Waals surface area contributed by atoms with E-state index >= 15 is 0 Å². The van der Waals surface area contributed by atoms with E-state index in [4.69, 9.17) is 4.43 Å². The fourth-order valence-corrected chi connectivity index (χ4v) is 1.94. The van der Waals surface area contributed by atoms with E-state index in [9.17, 15) is 8.96 Å². The van der Waals surface area contributed by atoms with E-state index in [1.165, 1.54) is 6.08 Å². The van der Waals surface area contributed by atoms with Gasteiger partial charge in [0.25, 0.3) is 0 Å². The van der Waals surface area contributed by atoms with Crippen molar-refractivity contribution in [2.24, 2.45) is 0 Å². The first kappa shape index (κ1) is 16.9. The zero-order chi connectivity index (χ0) is 13.5. The van der Waals surface area contributed by atoms with Gasteiger partial charge in [-0.2, -0.15) is 0 Å². The predicted octanol–water partition coefficient (Wildman–Crippen LogP) is 4.48. The lowest BCUT2D eigenvalue weighted by molar-refractivity contribution is 0.289. The first-order chi connectivity index (χ1) is 7.70. The van der Waals surface area contributed by atoms with Crippen molar-refractivity contribution in [1.82, 2.24) is 0 Å². The topological polar surface area (TPSA) is 35.5 Å². The molecule has 0 bridgehead atoms. The van der Waals surface area contributed by atoms with Crippen LogP contribution in [0.2, 0.25) is 18.1 Å². The molecule has 0 fully saturated rings. The first-order valence-corrected chi connectivity index (χ1v) is 9.27. The molecule has 0 unspecified atom stereocenters. The minimum Gasteiger partial charge on any atom is -0.410 e. The Balaban J connectivity index is 4.06. The van der Waals surface area contributed by atoms with Crippen LogP contribution in [0.5, 0.6) is 0 Å². The van der Waals surface area contributed by atoms with E-state index in [1.54, 1.807) is 0 Å². The van der Waals surface area contributed by atoms with Crippen molar-refractivity contribution in [2.75, 3.05) is 13.2 Å². The molecule has 3 nitrogen and oxygen atoms in total. The number of rotatable bonds is 7. The smallest absolute Gasteiger partial charge is 0.327 e. The van der Waals surface area contributed by atoms with E-state index in [1.807, 2.05) is 0 Å². The van der Waals surface area contributed by atoms with Gasteiger partial charge < -0.3 is 4.43 Å². The Kier molecular flexibility index (Phi) is 7.33. The predicted molar refractivity (Wildman–Crippen MR) is 70.5 cm³/mol. The maximum atomic E-state index is 13.4. The summed E-state index contributed by atoms with van der Waals surface area (Å²) < 4.78 is 33.6. The fourth-order valence-electron chi connectivity index (χ4n) is 0.830. The summed E-state index contributed by atoms with van der Waals surface area (Å²) >= 11 is 0. The van der Waals surface area contributed by atoms with E-state index < -0.39 is 8.32 Å². The molecule has 0 saturated heterocycles. The molecule has 100 valence electrons. The van der Waals surface area contributed by atoms with Crippen LogP contribution in [0.25, 0.3) is 0 Å². The van der Waals surface area contributed by atoms with Crippen molar-refractivity contribution < 1.29 is 17.9 Å². The number of hydrogen-bond acceptors (Lipinski definition) is 3. The van der Waals surface area contributed by atoms with Gasteiger partial charge in [0.1, 0.15) is 5.83 Å². The summed E-state index contributed by atoms with van der Waals surface area (Å²) in [6.45, 7) is 10.8. The highest BCUT2D eigenvalue weighted by Gasteiger charge is 2.37. The molecule has 0 aliphatic rings. The third-order valence-corrected chi connectivity index (χ3v) is 7.77. The molecule has 0 amide bonds. The second kappa shape index (κ2) is 7.37. The third-order valence-electron chi connectivity index (χ3n) is 3.00. The Labute approximate surface area is 106 Å². The van der Waals surface area contributed by atoms with Gasteiger partial charge in [-0.05, 0) is 30.6 Å². The van der Waals surface area contributed by atoms with Crippen LogP contribution in [0.1, 0.15) is 27.2 Å². The molecule has 0 atom stereocenters. The summed E-state index contributed by atoms with van der Waals surface area (Å²) in [5.74, 6) is -0.291. The lowest BCUT2D eigenvalue weighted by Gasteiger charge is -2.35. The summed E-state index contributed by atoms with van der Waals surface area (Å²) in [5.41, 5.74) is 0. The van der Waals surface area contributed by atoms with Gasteiger partial charge in [0.2, 0.25) is 0 Å². The molecular formula is C11H22FO3PSi. The van der Waals surface area contributed by atoms with Gasteiger partial charge in [-0.25, -0.2) is 8.96 Å². The van der Waals surface area contributed by atoms with Gasteiger partial charge in [-0.3, -0.25) is 4.52 Å². The van der Waals surface area contributed by atoms with Gasteiger partial charge in [-0.15, -0.1) is 0 Å². The highest BCUT2D eigenvalue weighted by atomic mass is 31.1. The molecule has 0 aromatic rings. The standard InChI is InChI=1S/C11H22FO3PSi/c1-11(2,3)17(4,5)15-9-10(12)7-6-8-14-16-13/h7H,6,8-9H2,1-5H3. The summed E-state index contributed by atoms with van der Waals surface area (Å²) in [6.07, 6.45) is 1.82. The molecule has 0 radical (unpaired) electrons. The van der Waals surface area contributed by atoms with E-state index in [2.05, 4.69) is 38.4 Å². The second-order valence-electron chi connectivity index (χ2n) is 5.40. The summed E-state index contributed by atoms with van der Waals surface area (Å²) in [4.78, 5) is 0. The van der Waals surface area contributed by atoms with E-state index in [0.717, 1.165) is 0 Å². The van der Waals surface area contributed by atoms with Crippen LogP contribution in [-0.4, -0.2) is 21.5 Å². The van der Waals surface area contributed by atoms with Gasteiger partial charge in [0.05, 0.1) is 13.2 Å². The summed E-state index contributed by atoms with van der Waals surface area (Å²) in [7, 11) is -2.25. The Hall–Kier alpha value is -0.0931. The molecule has 17 heavy (non-hydrogen) atoms. The maximum absolute atomic E-state index is 13.4. The average molecular weight is 280 g/mol. The minimum absolute atomic E-state index is 0.0194. The molecule has 0 saturated carbocycles. The third kappa shape index (κ3) is 7.04. The van der Waals surface area contributed by atoms with Crippen molar-refractivity contribution >= 4 is 17.0 Å². The molecule has 0 aliphatic heterocycles.